The highest BCUT2D eigenvalue weighted by Crippen LogP contribution is 2.51. The van der Waals surface area contributed by atoms with Gasteiger partial charge >= 0.3 is 7.82 Å². The lowest BCUT2D eigenvalue weighted by atomic mass is 10.2. The summed E-state index contributed by atoms with van der Waals surface area (Å²) in [7, 11) is -6.40. The predicted octanol–water partition coefficient (Wildman–Crippen LogP) is 4.19. The van der Waals surface area contributed by atoms with Crippen molar-refractivity contribution in [2.24, 2.45) is 0 Å². The molecule has 1 aromatic carbocycles. The van der Waals surface area contributed by atoms with Gasteiger partial charge < -0.3 is 8.74 Å². The van der Waals surface area contributed by atoms with Crippen LogP contribution in [0.4, 0.5) is 0 Å². The van der Waals surface area contributed by atoms with E-state index in [4.69, 9.17) is 8.74 Å². The summed E-state index contributed by atoms with van der Waals surface area (Å²) in [5, 5.41) is -0.147. The largest absolute Gasteiger partial charge is 0.517 e. The van der Waals surface area contributed by atoms with Gasteiger partial charge in [0.2, 0.25) is 8.32 Å². The van der Waals surface area contributed by atoms with E-state index in [2.05, 4.69) is 0 Å². The minimum Gasteiger partial charge on any atom is -0.405 e. The second-order valence-electron chi connectivity index (χ2n) is 5.72. The second-order valence-corrected chi connectivity index (χ2v) is 12.1. The molecule has 0 saturated heterocycles. The van der Waals surface area contributed by atoms with Gasteiger partial charge in [-0.3, -0.25) is 4.89 Å². The zero-order valence-electron chi connectivity index (χ0n) is 11.5. The highest BCUT2D eigenvalue weighted by atomic mass is 31.2. The quantitative estimate of drug-likeness (QED) is 0.666. The lowest BCUT2D eigenvalue weighted by Crippen LogP contribution is -2.40. The van der Waals surface area contributed by atoms with Crippen LogP contribution in [-0.4, -0.2) is 13.2 Å². The Morgan fingerprint density at radius 2 is 1.67 bits per heavy atom. The van der Waals surface area contributed by atoms with E-state index < -0.39 is 16.1 Å². The lowest BCUT2D eigenvalue weighted by molar-refractivity contribution is 0.281. The third-order valence-electron chi connectivity index (χ3n) is 3.11. The van der Waals surface area contributed by atoms with Crippen LogP contribution in [0.3, 0.4) is 0 Å². The molecule has 0 aliphatic carbocycles. The number of hydrogen-bond donors (Lipinski definition) is 1. The van der Waals surface area contributed by atoms with E-state index in [0.29, 0.717) is 5.75 Å². The van der Waals surface area contributed by atoms with Crippen molar-refractivity contribution in [3.05, 3.63) is 30.3 Å². The molecule has 6 heteroatoms. The first-order chi connectivity index (χ1) is 8.04. The molecule has 1 unspecified atom stereocenters. The third-order valence-corrected chi connectivity index (χ3v) is 9.92. The molecular formula is C12H21O4PSi. The minimum atomic E-state index is -4.07. The highest BCUT2D eigenvalue weighted by Gasteiger charge is 2.44. The molecule has 0 bridgehead atoms. The van der Waals surface area contributed by atoms with E-state index in [9.17, 15) is 9.46 Å². The van der Waals surface area contributed by atoms with Crippen LogP contribution in [0.1, 0.15) is 20.8 Å². The van der Waals surface area contributed by atoms with Gasteiger partial charge in [0.1, 0.15) is 5.75 Å². The molecule has 0 saturated carbocycles. The Labute approximate surface area is 110 Å². The summed E-state index contributed by atoms with van der Waals surface area (Å²) in [6, 6.07) is 8.53. The van der Waals surface area contributed by atoms with Gasteiger partial charge in [-0.1, -0.05) is 39.0 Å². The Balaban J connectivity index is 2.80. The summed E-state index contributed by atoms with van der Waals surface area (Å²) in [5.41, 5.74) is 0. The summed E-state index contributed by atoms with van der Waals surface area (Å²) in [6.07, 6.45) is 0. The molecule has 0 aliphatic heterocycles. The molecule has 1 atom stereocenters. The zero-order chi connectivity index (χ0) is 14.0. The first-order valence-electron chi connectivity index (χ1n) is 5.82. The van der Waals surface area contributed by atoms with Gasteiger partial charge in [-0.2, -0.15) is 0 Å². The average Bonchev–Trinajstić information content (AvgIpc) is 2.14. The molecule has 1 N–H and O–H groups in total. The molecule has 1 rings (SSSR count). The Morgan fingerprint density at radius 3 is 2.11 bits per heavy atom. The smallest absolute Gasteiger partial charge is 0.405 e. The number of rotatable bonds is 4. The first-order valence-corrected chi connectivity index (χ1v) is 10.2. The van der Waals surface area contributed by atoms with Gasteiger partial charge in [0.25, 0.3) is 0 Å². The Bertz CT molecular complexity index is 439. The molecule has 0 amide bonds. The van der Waals surface area contributed by atoms with Crippen LogP contribution >= 0.6 is 7.82 Å². The van der Waals surface area contributed by atoms with Gasteiger partial charge in [-0.05, 0) is 30.3 Å². The van der Waals surface area contributed by atoms with Crippen LogP contribution in [-0.2, 0) is 8.78 Å². The first kappa shape index (κ1) is 15.4. The van der Waals surface area contributed by atoms with Crippen LogP contribution in [0.5, 0.6) is 5.75 Å². The van der Waals surface area contributed by atoms with Gasteiger partial charge in [0.15, 0.2) is 0 Å². The van der Waals surface area contributed by atoms with E-state index in [1.54, 1.807) is 24.3 Å². The number of phosphoric ester groups is 1. The molecule has 0 heterocycles. The molecular weight excluding hydrogens is 267 g/mol. The second kappa shape index (κ2) is 5.17. The topological polar surface area (TPSA) is 55.8 Å². The number of benzene rings is 1. The van der Waals surface area contributed by atoms with Crippen LogP contribution in [0.25, 0.3) is 0 Å². The molecule has 0 aliphatic rings. The molecule has 4 nitrogen and oxygen atoms in total. The summed E-state index contributed by atoms with van der Waals surface area (Å²) < 4.78 is 22.5. The Hall–Kier alpha value is -0.613. The van der Waals surface area contributed by atoms with Crippen LogP contribution in [0.2, 0.25) is 18.1 Å². The molecule has 0 radical (unpaired) electrons. The van der Waals surface area contributed by atoms with Crippen molar-refractivity contribution in [2.45, 2.75) is 38.9 Å². The standard InChI is InChI=1S/C12H21O4PSi/c1-12(2,3)18(4,5)16-17(13,14)15-11-9-7-6-8-10-11/h6-10H,1-5H3,(H,13,14). The van der Waals surface area contributed by atoms with Crippen molar-refractivity contribution in [1.82, 2.24) is 0 Å². The van der Waals surface area contributed by atoms with Crippen molar-refractivity contribution < 1.29 is 18.2 Å². The number of para-hydroxylation sites is 1. The van der Waals surface area contributed by atoms with Crippen molar-refractivity contribution in [1.29, 1.82) is 0 Å². The molecule has 0 spiro atoms. The SMILES string of the molecule is CC(C)(C)[Si](C)(C)OP(=O)(O)Oc1ccccc1. The fraction of sp³-hybridized carbons (Fsp3) is 0.500. The number of phosphoric acid groups is 1. The molecule has 1 aromatic rings. The maximum Gasteiger partial charge on any atom is 0.517 e. The van der Waals surface area contributed by atoms with Gasteiger partial charge in [0, 0.05) is 0 Å². The van der Waals surface area contributed by atoms with E-state index in [1.807, 2.05) is 39.9 Å². The van der Waals surface area contributed by atoms with E-state index >= 15 is 0 Å². The average molecular weight is 288 g/mol. The predicted molar refractivity (Wildman–Crippen MR) is 75.2 cm³/mol. The molecule has 18 heavy (non-hydrogen) atoms. The third kappa shape index (κ3) is 4.25. The fourth-order valence-corrected chi connectivity index (χ4v) is 5.00. The van der Waals surface area contributed by atoms with Crippen molar-refractivity contribution in [3.8, 4) is 5.75 Å². The van der Waals surface area contributed by atoms with Gasteiger partial charge in [0.05, 0.1) is 0 Å². The maximum absolute atomic E-state index is 12.0. The molecule has 102 valence electrons. The van der Waals surface area contributed by atoms with Crippen LogP contribution in [0.15, 0.2) is 30.3 Å². The van der Waals surface area contributed by atoms with Gasteiger partial charge in [-0.15, -0.1) is 0 Å². The van der Waals surface area contributed by atoms with Crippen LogP contribution < -0.4 is 4.52 Å². The van der Waals surface area contributed by atoms with Crippen molar-refractivity contribution in [2.75, 3.05) is 0 Å². The minimum absolute atomic E-state index is 0.147. The summed E-state index contributed by atoms with van der Waals surface area (Å²) in [4.78, 5) is 9.81. The summed E-state index contributed by atoms with van der Waals surface area (Å²) >= 11 is 0. The maximum atomic E-state index is 12.0. The van der Waals surface area contributed by atoms with E-state index in [1.165, 1.54) is 0 Å². The molecule has 0 aromatic heterocycles. The lowest BCUT2D eigenvalue weighted by Gasteiger charge is -2.36. The van der Waals surface area contributed by atoms with Crippen molar-refractivity contribution >= 4 is 16.1 Å². The zero-order valence-corrected chi connectivity index (χ0v) is 13.4. The highest BCUT2D eigenvalue weighted by molar-refractivity contribution is 7.49. The van der Waals surface area contributed by atoms with Crippen molar-refractivity contribution in [3.63, 3.8) is 0 Å². The summed E-state index contributed by atoms with van der Waals surface area (Å²) in [5.74, 6) is 0.335. The summed E-state index contributed by atoms with van der Waals surface area (Å²) in [6.45, 7) is 9.82. The molecule has 0 fully saturated rings. The van der Waals surface area contributed by atoms with Gasteiger partial charge in [-0.25, -0.2) is 4.57 Å². The number of hydrogen-bond acceptors (Lipinski definition) is 3. The van der Waals surface area contributed by atoms with Crippen LogP contribution in [0, 0.1) is 0 Å². The van der Waals surface area contributed by atoms with E-state index in [-0.39, 0.29) is 5.04 Å². The Morgan fingerprint density at radius 1 is 1.17 bits per heavy atom. The fourth-order valence-electron chi connectivity index (χ4n) is 1.06. The Kier molecular flexibility index (Phi) is 4.44. The normalized spacial score (nSPS) is 16.1. The van der Waals surface area contributed by atoms with E-state index in [0.717, 1.165) is 0 Å². The monoisotopic (exact) mass is 288 g/mol.